The minimum absolute atomic E-state index is 0.0527. The molecule has 1 aliphatic heterocycles. The molecule has 0 saturated carbocycles. The lowest BCUT2D eigenvalue weighted by Gasteiger charge is -2.37. The van der Waals surface area contributed by atoms with Crippen molar-refractivity contribution in [1.82, 2.24) is 4.90 Å². The Balaban J connectivity index is 2.50. The lowest BCUT2D eigenvalue weighted by Crippen LogP contribution is -2.52. The van der Waals surface area contributed by atoms with Crippen LogP contribution in [-0.2, 0) is 0 Å². The summed E-state index contributed by atoms with van der Waals surface area (Å²) in [6.07, 6.45) is 0. The molecule has 17 heavy (non-hydrogen) atoms. The number of hydrogen-bond acceptors (Lipinski definition) is 2. The van der Waals surface area contributed by atoms with Gasteiger partial charge in [0.05, 0.1) is 16.5 Å². The van der Waals surface area contributed by atoms with Gasteiger partial charge >= 0.3 is 0 Å². The van der Waals surface area contributed by atoms with Crippen LogP contribution in [0.2, 0.25) is 0 Å². The maximum atomic E-state index is 12.3. The van der Waals surface area contributed by atoms with Gasteiger partial charge in [-0.25, -0.2) is 0 Å². The first kappa shape index (κ1) is 12.5. The zero-order valence-corrected chi connectivity index (χ0v) is 11.6. The van der Waals surface area contributed by atoms with Gasteiger partial charge in [0.15, 0.2) is 0 Å². The van der Waals surface area contributed by atoms with E-state index in [1.807, 2.05) is 39.0 Å². The van der Waals surface area contributed by atoms with Crippen molar-refractivity contribution in [3.8, 4) is 0 Å². The maximum absolute atomic E-state index is 12.3. The van der Waals surface area contributed by atoms with E-state index in [0.717, 1.165) is 5.56 Å². The van der Waals surface area contributed by atoms with Gasteiger partial charge < -0.3 is 0 Å². The second-order valence-corrected chi connectivity index (χ2v) is 5.80. The molecule has 2 rings (SSSR count). The van der Waals surface area contributed by atoms with Crippen molar-refractivity contribution in [2.75, 3.05) is 0 Å². The molecule has 1 heterocycles. The van der Waals surface area contributed by atoms with Crippen LogP contribution in [0.5, 0.6) is 0 Å². The number of amides is 1. The Kier molecular flexibility index (Phi) is 3.00. The molecule has 0 saturated heterocycles. The molecule has 0 aliphatic carbocycles. The Bertz CT molecular complexity index is 461. The SMILES string of the molecule is CC(Cl)C(C)(C)N1C(=O)c2ccccc2C1=S. The van der Waals surface area contributed by atoms with Crippen LogP contribution in [0.1, 0.15) is 36.7 Å². The number of rotatable bonds is 2. The molecular weight excluding hydrogens is 254 g/mol. The summed E-state index contributed by atoms with van der Waals surface area (Å²) in [6, 6.07) is 7.42. The summed E-state index contributed by atoms with van der Waals surface area (Å²) < 4.78 is 0. The molecule has 1 aromatic rings. The van der Waals surface area contributed by atoms with E-state index < -0.39 is 5.54 Å². The van der Waals surface area contributed by atoms with Gasteiger partial charge in [0.25, 0.3) is 5.91 Å². The van der Waals surface area contributed by atoms with E-state index in [1.165, 1.54) is 0 Å². The fraction of sp³-hybridized carbons (Fsp3) is 0.385. The highest BCUT2D eigenvalue weighted by molar-refractivity contribution is 7.80. The number of carbonyl (C=O) groups excluding carboxylic acids is 1. The molecule has 1 aliphatic rings. The highest BCUT2D eigenvalue weighted by atomic mass is 35.5. The van der Waals surface area contributed by atoms with Crippen LogP contribution in [0.25, 0.3) is 0 Å². The molecule has 2 nitrogen and oxygen atoms in total. The van der Waals surface area contributed by atoms with Crippen molar-refractivity contribution in [2.24, 2.45) is 0 Å². The summed E-state index contributed by atoms with van der Waals surface area (Å²) in [7, 11) is 0. The van der Waals surface area contributed by atoms with E-state index in [-0.39, 0.29) is 11.3 Å². The van der Waals surface area contributed by atoms with Crippen LogP contribution in [0.3, 0.4) is 0 Å². The van der Waals surface area contributed by atoms with Crippen molar-refractivity contribution in [3.63, 3.8) is 0 Å². The van der Waals surface area contributed by atoms with Crippen LogP contribution >= 0.6 is 23.8 Å². The van der Waals surface area contributed by atoms with Crippen molar-refractivity contribution < 1.29 is 4.79 Å². The summed E-state index contributed by atoms with van der Waals surface area (Å²) in [5.74, 6) is -0.0527. The fourth-order valence-electron chi connectivity index (χ4n) is 1.89. The van der Waals surface area contributed by atoms with E-state index in [1.54, 1.807) is 11.0 Å². The zero-order chi connectivity index (χ0) is 12.8. The first-order valence-corrected chi connectivity index (χ1v) is 6.34. The molecule has 0 bridgehead atoms. The average molecular weight is 268 g/mol. The molecular formula is C13H14ClNOS. The third-order valence-corrected chi connectivity index (χ3v) is 4.28. The van der Waals surface area contributed by atoms with Gasteiger partial charge in [-0.2, -0.15) is 0 Å². The average Bonchev–Trinajstić information content (AvgIpc) is 2.52. The number of benzene rings is 1. The van der Waals surface area contributed by atoms with Crippen LogP contribution < -0.4 is 0 Å². The quantitative estimate of drug-likeness (QED) is 0.606. The molecule has 0 N–H and O–H groups in total. The Hall–Kier alpha value is -0.930. The minimum atomic E-state index is -0.491. The Morgan fingerprint density at radius 2 is 1.82 bits per heavy atom. The third-order valence-electron chi connectivity index (χ3n) is 3.34. The van der Waals surface area contributed by atoms with E-state index in [9.17, 15) is 4.79 Å². The number of alkyl halides is 1. The Labute approximate surface area is 112 Å². The lowest BCUT2D eigenvalue weighted by molar-refractivity contribution is 0.0750. The minimum Gasteiger partial charge on any atom is -0.291 e. The maximum Gasteiger partial charge on any atom is 0.260 e. The lowest BCUT2D eigenvalue weighted by atomic mass is 9.99. The van der Waals surface area contributed by atoms with Gasteiger partial charge in [-0.05, 0) is 26.8 Å². The molecule has 1 atom stereocenters. The second-order valence-electron chi connectivity index (χ2n) is 4.76. The Morgan fingerprint density at radius 1 is 1.29 bits per heavy atom. The number of carbonyl (C=O) groups is 1. The molecule has 1 unspecified atom stereocenters. The highest BCUT2D eigenvalue weighted by Crippen LogP contribution is 2.33. The summed E-state index contributed by atoms with van der Waals surface area (Å²) in [6.45, 7) is 5.74. The highest BCUT2D eigenvalue weighted by Gasteiger charge is 2.43. The summed E-state index contributed by atoms with van der Waals surface area (Å²) in [5, 5.41) is -0.182. The molecule has 1 aromatic carbocycles. The van der Waals surface area contributed by atoms with Gasteiger partial charge in [-0.3, -0.25) is 9.69 Å². The molecule has 0 aromatic heterocycles. The summed E-state index contributed by atoms with van der Waals surface area (Å²) >= 11 is 11.6. The Morgan fingerprint density at radius 3 is 2.29 bits per heavy atom. The van der Waals surface area contributed by atoms with Gasteiger partial charge in [-0.15, -0.1) is 11.6 Å². The van der Waals surface area contributed by atoms with Gasteiger partial charge in [0.1, 0.15) is 4.99 Å². The molecule has 1 amide bonds. The first-order valence-electron chi connectivity index (χ1n) is 5.49. The van der Waals surface area contributed by atoms with Crippen molar-refractivity contribution >= 4 is 34.7 Å². The largest absolute Gasteiger partial charge is 0.291 e. The predicted molar refractivity (Wildman–Crippen MR) is 73.7 cm³/mol. The molecule has 0 radical (unpaired) electrons. The number of fused-ring (bicyclic) bond motifs is 1. The number of thiocarbonyl (C=S) groups is 1. The normalized spacial score (nSPS) is 17.3. The van der Waals surface area contributed by atoms with Gasteiger partial charge in [-0.1, -0.05) is 30.4 Å². The van der Waals surface area contributed by atoms with E-state index in [0.29, 0.717) is 10.6 Å². The van der Waals surface area contributed by atoms with Gasteiger partial charge in [0, 0.05) is 5.56 Å². The third kappa shape index (κ3) is 1.78. The second kappa shape index (κ2) is 4.07. The molecule has 4 heteroatoms. The monoisotopic (exact) mass is 267 g/mol. The van der Waals surface area contributed by atoms with E-state index in [4.69, 9.17) is 23.8 Å². The summed E-state index contributed by atoms with van der Waals surface area (Å²) in [5.41, 5.74) is 1.01. The zero-order valence-electron chi connectivity index (χ0n) is 10.0. The smallest absolute Gasteiger partial charge is 0.260 e. The standard InChI is InChI=1S/C13H14ClNOS/c1-8(14)13(2,3)15-11(16)9-6-4-5-7-10(9)12(15)17/h4-8H,1-3H3. The first-order chi connectivity index (χ1) is 7.87. The molecule has 0 spiro atoms. The van der Waals surface area contributed by atoms with Crippen LogP contribution in [0, 0.1) is 0 Å². The van der Waals surface area contributed by atoms with Crippen molar-refractivity contribution in [2.45, 2.75) is 31.7 Å². The predicted octanol–water partition coefficient (Wildman–Crippen LogP) is 3.22. The van der Waals surface area contributed by atoms with Crippen LogP contribution in [0.15, 0.2) is 24.3 Å². The van der Waals surface area contributed by atoms with Crippen LogP contribution in [-0.4, -0.2) is 26.7 Å². The summed E-state index contributed by atoms with van der Waals surface area (Å²) in [4.78, 5) is 14.5. The van der Waals surface area contributed by atoms with Crippen molar-refractivity contribution in [3.05, 3.63) is 35.4 Å². The van der Waals surface area contributed by atoms with Crippen LogP contribution in [0.4, 0.5) is 0 Å². The van der Waals surface area contributed by atoms with E-state index >= 15 is 0 Å². The number of halogens is 1. The fourth-order valence-corrected chi connectivity index (χ4v) is 2.48. The molecule has 90 valence electrons. The topological polar surface area (TPSA) is 20.3 Å². The number of hydrogen-bond donors (Lipinski definition) is 0. The molecule has 0 fully saturated rings. The van der Waals surface area contributed by atoms with E-state index in [2.05, 4.69) is 0 Å². The number of nitrogens with zero attached hydrogens (tertiary/aromatic N) is 1. The van der Waals surface area contributed by atoms with Gasteiger partial charge in [0.2, 0.25) is 0 Å². The van der Waals surface area contributed by atoms with Crippen molar-refractivity contribution in [1.29, 1.82) is 0 Å².